The van der Waals surface area contributed by atoms with Crippen LogP contribution >= 0.6 is 11.6 Å². The molecule has 1 aromatic heterocycles. The number of fused-ring (bicyclic) bond motifs is 1. The van der Waals surface area contributed by atoms with Crippen LogP contribution in [-0.4, -0.2) is 42.0 Å². The lowest BCUT2D eigenvalue weighted by molar-refractivity contribution is 0.0742. The Morgan fingerprint density at radius 2 is 1.75 bits per heavy atom. The summed E-state index contributed by atoms with van der Waals surface area (Å²) in [5.41, 5.74) is 3.29. The van der Waals surface area contributed by atoms with Gasteiger partial charge >= 0.3 is 0 Å². The van der Waals surface area contributed by atoms with Crippen LogP contribution < -0.4 is 4.90 Å². The lowest BCUT2D eigenvalue weighted by atomic mass is 10.1. The van der Waals surface area contributed by atoms with Gasteiger partial charge in [0, 0.05) is 31.6 Å². The number of para-hydroxylation sites is 1. The largest absolute Gasteiger partial charge is 0.353 e. The van der Waals surface area contributed by atoms with E-state index in [1.165, 1.54) is 23.8 Å². The second-order valence-corrected chi connectivity index (χ2v) is 7.55. The number of carbonyl (C=O) groups is 1. The second-order valence-electron chi connectivity index (χ2n) is 7.14. The predicted molar refractivity (Wildman–Crippen MR) is 111 cm³/mol. The lowest BCUT2D eigenvalue weighted by Gasteiger charge is -2.36. The normalized spacial score (nSPS) is 14.6. The lowest BCUT2D eigenvalue weighted by Crippen LogP contribution is -2.49. The first-order chi connectivity index (χ1) is 13.5. The topological polar surface area (TPSA) is 36.4 Å². The molecule has 3 aromatic rings. The van der Waals surface area contributed by atoms with Crippen molar-refractivity contribution in [1.82, 2.24) is 9.88 Å². The van der Waals surface area contributed by atoms with Crippen LogP contribution in [0.4, 0.5) is 10.2 Å². The summed E-state index contributed by atoms with van der Waals surface area (Å²) in [6.45, 7) is 6.43. The van der Waals surface area contributed by atoms with E-state index in [-0.39, 0.29) is 16.5 Å². The summed E-state index contributed by atoms with van der Waals surface area (Å²) in [6.07, 6.45) is 0. The van der Waals surface area contributed by atoms with Crippen molar-refractivity contribution in [3.63, 3.8) is 0 Å². The highest BCUT2D eigenvalue weighted by molar-refractivity contribution is 6.33. The van der Waals surface area contributed by atoms with Crippen molar-refractivity contribution in [2.24, 2.45) is 0 Å². The van der Waals surface area contributed by atoms with Gasteiger partial charge in [-0.25, -0.2) is 9.37 Å². The first kappa shape index (κ1) is 18.7. The molecule has 1 saturated heterocycles. The third kappa shape index (κ3) is 3.31. The molecule has 1 fully saturated rings. The van der Waals surface area contributed by atoms with Gasteiger partial charge in [-0.2, -0.15) is 0 Å². The van der Waals surface area contributed by atoms with Crippen molar-refractivity contribution in [3.05, 3.63) is 70.0 Å². The minimum Gasteiger partial charge on any atom is -0.353 e. The van der Waals surface area contributed by atoms with Gasteiger partial charge in [0.05, 0.1) is 16.1 Å². The summed E-state index contributed by atoms with van der Waals surface area (Å²) >= 11 is 6.05. The molecule has 4 rings (SSSR count). The molecule has 0 radical (unpaired) electrons. The number of halogens is 2. The molecule has 0 unspecified atom stereocenters. The van der Waals surface area contributed by atoms with Crippen LogP contribution in [0, 0.1) is 19.7 Å². The summed E-state index contributed by atoms with van der Waals surface area (Å²) in [7, 11) is 0. The van der Waals surface area contributed by atoms with E-state index in [1.54, 1.807) is 4.90 Å². The molecule has 1 amide bonds. The van der Waals surface area contributed by atoms with Crippen molar-refractivity contribution in [2.75, 3.05) is 31.1 Å². The first-order valence-corrected chi connectivity index (χ1v) is 9.68. The Morgan fingerprint density at radius 1 is 1.04 bits per heavy atom. The summed E-state index contributed by atoms with van der Waals surface area (Å²) in [6, 6.07) is 12.6. The number of nitrogens with zero attached hydrogens (tertiary/aromatic N) is 3. The van der Waals surface area contributed by atoms with Crippen molar-refractivity contribution in [1.29, 1.82) is 0 Å². The minimum atomic E-state index is -0.581. The number of benzene rings is 2. The van der Waals surface area contributed by atoms with Gasteiger partial charge in [-0.15, -0.1) is 0 Å². The summed E-state index contributed by atoms with van der Waals surface area (Å²) < 4.78 is 14.1. The Balaban J connectivity index is 1.54. The van der Waals surface area contributed by atoms with Crippen LogP contribution in [0.2, 0.25) is 5.02 Å². The first-order valence-electron chi connectivity index (χ1n) is 9.31. The molecule has 6 heteroatoms. The molecule has 0 N–H and O–H groups in total. The van der Waals surface area contributed by atoms with Gasteiger partial charge in [-0.05, 0) is 43.2 Å². The van der Waals surface area contributed by atoms with Gasteiger partial charge in [-0.3, -0.25) is 4.79 Å². The van der Waals surface area contributed by atoms with E-state index in [0.717, 1.165) is 22.3 Å². The second kappa shape index (κ2) is 7.40. The Morgan fingerprint density at radius 3 is 2.46 bits per heavy atom. The van der Waals surface area contributed by atoms with Crippen LogP contribution in [-0.2, 0) is 0 Å². The number of rotatable bonds is 2. The van der Waals surface area contributed by atoms with Crippen molar-refractivity contribution in [2.45, 2.75) is 13.8 Å². The monoisotopic (exact) mass is 397 g/mol. The molecule has 0 bridgehead atoms. The molecule has 0 saturated carbocycles. The maximum Gasteiger partial charge on any atom is 0.258 e. The van der Waals surface area contributed by atoms with Gasteiger partial charge in [0.15, 0.2) is 0 Å². The fourth-order valence-electron chi connectivity index (χ4n) is 3.70. The van der Waals surface area contributed by atoms with Crippen molar-refractivity contribution in [3.8, 4) is 0 Å². The molecule has 1 aliphatic heterocycles. The summed E-state index contributed by atoms with van der Waals surface area (Å²) in [5.74, 6) is -0.0289. The summed E-state index contributed by atoms with van der Waals surface area (Å²) in [4.78, 5) is 21.4. The standard InChI is InChI=1S/C22H21ClFN3O/c1-14-5-3-6-16-15(2)13-19(25-21(14)16)26-9-11-27(12-10-26)22(28)20-17(23)7-4-8-18(20)24/h3-8,13H,9-12H2,1-2H3. The van der Waals surface area contributed by atoms with Crippen LogP contribution in [0.5, 0.6) is 0 Å². The van der Waals surface area contributed by atoms with Gasteiger partial charge in [0.1, 0.15) is 11.6 Å². The van der Waals surface area contributed by atoms with Gasteiger partial charge < -0.3 is 9.80 Å². The number of anilines is 1. The number of hydrogen-bond donors (Lipinski definition) is 0. The fraction of sp³-hybridized carbons (Fsp3) is 0.273. The van der Waals surface area contributed by atoms with Gasteiger partial charge in [0.2, 0.25) is 0 Å². The zero-order valence-corrected chi connectivity index (χ0v) is 16.6. The molecule has 28 heavy (non-hydrogen) atoms. The molecule has 1 aliphatic rings. The maximum atomic E-state index is 14.1. The number of carbonyl (C=O) groups excluding carboxylic acids is 1. The maximum absolute atomic E-state index is 14.1. The van der Waals surface area contributed by atoms with Crippen LogP contribution in [0.15, 0.2) is 42.5 Å². The summed E-state index contributed by atoms with van der Waals surface area (Å²) in [5, 5.41) is 1.31. The Labute approximate surface area is 168 Å². The highest BCUT2D eigenvalue weighted by Crippen LogP contribution is 2.26. The molecular formula is C22H21ClFN3O. The van der Waals surface area contributed by atoms with E-state index in [2.05, 4.69) is 36.9 Å². The molecular weight excluding hydrogens is 377 g/mol. The number of hydrogen-bond acceptors (Lipinski definition) is 3. The van der Waals surface area contributed by atoms with E-state index in [0.29, 0.717) is 26.2 Å². The minimum absolute atomic E-state index is 0.0482. The molecule has 0 atom stereocenters. The zero-order chi connectivity index (χ0) is 19.8. The highest BCUT2D eigenvalue weighted by atomic mass is 35.5. The predicted octanol–water partition coefficient (Wildman–Crippen LogP) is 4.61. The van der Waals surface area contributed by atoms with Crippen LogP contribution in [0.25, 0.3) is 10.9 Å². The number of aryl methyl sites for hydroxylation is 2. The van der Waals surface area contributed by atoms with E-state index in [9.17, 15) is 9.18 Å². The fourth-order valence-corrected chi connectivity index (χ4v) is 3.95. The third-order valence-corrected chi connectivity index (χ3v) is 5.62. The molecule has 2 heterocycles. The van der Waals surface area contributed by atoms with Gasteiger partial charge in [-0.1, -0.05) is 35.9 Å². The quantitative estimate of drug-likeness (QED) is 0.633. The van der Waals surface area contributed by atoms with Crippen LogP contribution in [0.1, 0.15) is 21.5 Å². The molecule has 2 aromatic carbocycles. The van der Waals surface area contributed by atoms with E-state index >= 15 is 0 Å². The highest BCUT2D eigenvalue weighted by Gasteiger charge is 2.26. The van der Waals surface area contributed by atoms with Crippen molar-refractivity contribution < 1.29 is 9.18 Å². The third-order valence-electron chi connectivity index (χ3n) is 5.30. The van der Waals surface area contributed by atoms with E-state index in [4.69, 9.17) is 16.6 Å². The van der Waals surface area contributed by atoms with Crippen molar-refractivity contribution >= 4 is 34.2 Å². The zero-order valence-electron chi connectivity index (χ0n) is 15.9. The number of pyridine rings is 1. The average Bonchev–Trinajstić information content (AvgIpc) is 2.68. The Bertz CT molecular complexity index is 1040. The molecule has 0 spiro atoms. The Hall–Kier alpha value is -2.66. The smallest absolute Gasteiger partial charge is 0.258 e. The van der Waals surface area contributed by atoms with E-state index in [1.807, 2.05) is 6.07 Å². The molecule has 0 aliphatic carbocycles. The molecule has 4 nitrogen and oxygen atoms in total. The number of amides is 1. The molecule has 144 valence electrons. The SMILES string of the molecule is Cc1cc(N2CCN(C(=O)c3c(F)cccc3Cl)CC2)nc2c(C)cccc12. The van der Waals surface area contributed by atoms with E-state index < -0.39 is 5.82 Å². The average molecular weight is 398 g/mol. The van der Waals surface area contributed by atoms with Crippen LogP contribution in [0.3, 0.4) is 0 Å². The Kier molecular flexibility index (Phi) is 4.94. The van der Waals surface area contributed by atoms with Gasteiger partial charge in [0.25, 0.3) is 5.91 Å². The number of piperazine rings is 1. The number of aromatic nitrogens is 1.